The number of aromatic nitrogens is 2. The molecule has 2 aliphatic heterocycles. The second kappa shape index (κ2) is 12.4. The smallest absolute Gasteiger partial charge is 0.207 e. The number of benzene rings is 7. The minimum atomic E-state index is -3.78. The molecular formula is C56H40N2O2S2. The second-order valence-corrected chi connectivity index (χ2v) is 20.7. The Kier molecular flexibility index (Phi) is 7.22. The second-order valence-electron chi connectivity index (χ2n) is 17.9. The van der Waals surface area contributed by atoms with Crippen molar-refractivity contribution < 1.29 is 8.42 Å². The van der Waals surface area contributed by atoms with Crippen molar-refractivity contribution in [1.29, 1.82) is 0 Å². The van der Waals surface area contributed by atoms with Crippen molar-refractivity contribution in [2.75, 3.05) is 0 Å². The van der Waals surface area contributed by atoms with Gasteiger partial charge in [-0.05, 0) is 142 Å². The zero-order chi connectivity index (χ0) is 41.7. The fourth-order valence-corrected chi connectivity index (χ4v) is 14.1. The van der Waals surface area contributed by atoms with Gasteiger partial charge in [-0.2, -0.15) is 0 Å². The van der Waals surface area contributed by atoms with Crippen LogP contribution in [0.4, 0.5) is 0 Å². The van der Waals surface area contributed by atoms with E-state index in [2.05, 4.69) is 181 Å². The molecule has 0 amide bonds. The summed E-state index contributed by atoms with van der Waals surface area (Å²) in [5.41, 5.74) is 14.7. The molecule has 0 radical (unpaired) electrons. The third-order valence-corrected chi connectivity index (χ3v) is 16.9. The maximum absolute atomic E-state index is 14.5. The van der Waals surface area contributed by atoms with Crippen LogP contribution in [-0.2, 0) is 20.8 Å². The highest BCUT2D eigenvalue weighted by Crippen LogP contribution is 2.55. The van der Waals surface area contributed by atoms with Gasteiger partial charge in [0.15, 0.2) is 0 Å². The quantitative estimate of drug-likeness (QED) is 0.177. The van der Waals surface area contributed by atoms with Crippen molar-refractivity contribution in [2.45, 2.75) is 47.9 Å². The predicted molar refractivity (Wildman–Crippen MR) is 257 cm³/mol. The van der Waals surface area contributed by atoms with Crippen LogP contribution in [0.15, 0.2) is 185 Å². The standard InChI is InChI=1S/C56H40N2O2S2/c1-55(2)47-32-37(34-12-10-13-35(28-34)39-30-44-43-25-27-61-54(43)58-53(44)45(31-39)46-18-8-9-26-56(46,58)3)21-23-51(47)62(59,60)52-24-22-38(33-48(52)55)36-14-11-15-40(29-36)57-49-19-6-4-16-41(49)42-17-5-7-20-50(42)57/h4-25,27-33H,26H2,1-3H3. The normalized spacial score (nSPS) is 18.0. The predicted octanol–water partition coefficient (Wildman–Crippen LogP) is 14.5. The summed E-state index contributed by atoms with van der Waals surface area (Å²) in [5.74, 6) is 0. The highest BCUT2D eigenvalue weighted by molar-refractivity contribution is 7.91. The van der Waals surface area contributed by atoms with Crippen molar-refractivity contribution >= 4 is 69.7 Å². The lowest BCUT2D eigenvalue weighted by atomic mass is 9.76. The molecule has 4 nitrogen and oxygen atoms in total. The van der Waals surface area contributed by atoms with E-state index in [1.165, 1.54) is 48.6 Å². The number of allylic oxidation sites excluding steroid dienone is 4. The molecule has 0 fully saturated rings. The van der Waals surface area contributed by atoms with E-state index in [1.54, 1.807) is 0 Å². The van der Waals surface area contributed by atoms with Gasteiger partial charge in [-0.15, -0.1) is 11.3 Å². The maximum Gasteiger partial charge on any atom is 0.207 e. The first-order valence-corrected chi connectivity index (χ1v) is 23.7. The number of fused-ring (bicyclic) bond motifs is 11. The number of hydrogen-bond acceptors (Lipinski definition) is 3. The van der Waals surface area contributed by atoms with E-state index >= 15 is 0 Å². The van der Waals surface area contributed by atoms with E-state index in [0.717, 1.165) is 62.1 Å². The number of sulfone groups is 1. The molecule has 62 heavy (non-hydrogen) atoms. The molecule has 298 valence electrons. The maximum atomic E-state index is 14.5. The van der Waals surface area contributed by atoms with Crippen molar-refractivity contribution in [3.63, 3.8) is 0 Å². The van der Waals surface area contributed by atoms with E-state index in [4.69, 9.17) is 0 Å². The van der Waals surface area contributed by atoms with Crippen LogP contribution in [0.2, 0.25) is 0 Å². The number of rotatable bonds is 4. The van der Waals surface area contributed by atoms with Gasteiger partial charge in [0.2, 0.25) is 9.84 Å². The fraction of sp³-hybridized carbons (Fsp3) is 0.107. The van der Waals surface area contributed by atoms with Gasteiger partial charge in [-0.25, -0.2) is 8.42 Å². The van der Waals surface area contributed by atoms with Crippen LogP contribution >= 0.6 is 11.3 Å². The molecule has 0 spiro atoms. The van der Waals surface area contributed by atoms with Crippen molar-refractivity contribution in [3.05, 3.63) is 192 Å². The van der Waals surface area contributed by atoms with Crippen LogP contribution in [0.5, 0.6) is 0 Å². The highest BCUT2D eigenvalue weighted by Gasteiger charge is 2.43. The summed E-state index contributed by atoms with van der Waals surface area (Å²) in [6.07, 6.45) is 7.78. The van der Waals surface area contributed by atoms with Gasteiger partial charge < -0.3 is 9.13 Å². The van der Waals surface area contributed by atoms with E-state index in [1.807, 2.05) is 35.6 Å². The molecule has 6 heteroatoms. The van der Waals surface area contributed by atoms with Crippen LogP contribution in [0, 0.1) is 0 Å². The van der Waals surface area contributed by atoms with Crippen LogP contribution in [0.1, 0.15) is 43.9 Å². The molecule has 3 aliphatic rings. The summed E-state index contributed by atoms with van der Waals surface area (Å²) >= 11 is 1.83. The SMILES string of the molecule is CC1(C)c2cc(-c3cccc(-c4cc5c6c(c4)c4ccsc4n6C4(C)CC=CC=C54)c3)ccc2S(=O)(=O)c2ccc(-c3cccc(-n4c5ccccc5c5ccccc54)c3)cc21. The van der Waals surface area contributed by atoms with E-state index < -0.39 is 15.3 Å². The highest BCUT2D eigenvalue weighted by atomic mass is 32.2. The van der Waals surface area contributed by atoms with Gasteiger partial charge in [-0.1, -0.05) is 111 Å². The minimum Gasteiger partial charge on any atom is -0.321 e. The van der Waals surface area contributed by atoms with Crippen LogP contribution < -0.4 is 0 Å². The number of hydrogen-bond donors (Lipinski definition) is 0. The molecule has 1 atom stereocenters. The molecule has 5 heterocycles. The fourth-order valence-electron chi connectivity index (χ4n) is 11.1. The molecule has 10 aromatic rings. The average Bonchev–Trinajstić information content (AvgIpc) is 4.05. The minimum absolute atomic E-state index is 0.102. The summed E-state index contributed by atoms with van der Waals surface area (Å²) in [7, 11) is -3.78. The number of thiophene rings is 1. The largest absolute Gasteiger partial charge is 0.321 e. The average molecular weight is 837 g/mol. The monoisotopic (exact) mass is 836 g/mol. The van der Waals surface area contributed by atoms with Crippen LogP contribution in [-0.4, -0.2) is 17.6 Å². The van der Waals surface area contributed by atoms with Crippen LogP contribution in [0.3, 0.4) is 0 Å². The summed E-state index contributed by atoms with van der Waals surface area (Å²) in [6, 6.07) is 53.2. The Morgan fingerprint density at radius 1 is 0.565 bits per heavy atom. The Labute approximate surface area is 364 Å². The summed E-state index contributed by atoms with van der Waals surface area (Å²) in [5, 5.41) is 7.26. The Hall–Kier alpha value is -6.73. The molecule has 1 unspecified atom stereocenters. The molecule has 7 aromatic carbocycles. The first-order valence-electron chi connectivity index (χ1n) is 21.3. The van der Waals surface area contributed by atoms with E-state index in [0.29, 0.717) is 9.79 Å². The Bertz CT molecular complexity index is 3740. The number of nitrogens with zero attached hydrogens (tertiary/aromatic N) is 2. The van der Waals surface area contributed by atoms with Gasteiger partial charge >= 0.3 is 0 Å². The molecule has 3 aromatic heterocycles. The third kappa shape index (κ3) is 4.74. The topological polar surface area (TPSA) is 44.0 Å². The van der Waals surface area contributed by atoms with Crippen LogP contribution in [0.25, 0.3) is 87.6 Å². The molecule has 13 rings (SSSR count). The lowest BCUT2D eigenvalue weighted by Gasteiger charge is -2.35. The Morgan fingerprint density at radius 2 is 1.18 bits per heavy atom. The summed E-state index contributed by atoms with van der Waals surface area (Å²) in [6.45, 7) is 6.70. The first kappa shape index (κ1) is 36.0. The zero-order valence-electron chi connectivity index (χ0n) is 34.5. The molecule has 0 saturated heterocycles. The van der Waals surface area contributed by atoms with Gasteiger partial charge in [0.25, 0.3) is 0 Å². The molecular weight excluding hydrogens is 797 g/mol. The summed E-state index contributed by atoms with van der Waals surface area (Å²) in [4.78, 5) is 2.09. The van der Waals surface area contributed by atoms with Crippen molar-refractivity contribution in [1.82, 2.24) is 9.13 Å². The zero-order valence-corrected chi connectivity index (χ0v) is 36.1. The van der Waals surface area contributed by atoms with Gasteiger partial charge in [0, 0.05) is 38.2 Å². The molecule has 0 N–H and O–H groups in total. The lowest BCUT2D eigenvalue weighted by molar-refractivity contribution is 0.471. The number of para-hydroxylation sites is 2. The van der Waals surface area contributed by atoms with E-state index in [9.17, 15) is 8.42 Å². The van der Waals surface area contributed by atoms with Gasteiger partial charge in [0.05, 0.1) is 31.9 Å². The molecule has 0 bridgehead atoms. The Balaban J connectivity index is 0.901. The summed E-state index contributed by atoms with van der Waals surface area (Å²) < 4.78 is 33.9. The third-order valence-electron chi connectivity index (χ3n) is 14.2. The lowest BCUT2D eigenvalue weighted by Crippen LogP contribution is -2.30. The van der Waals surface area contributed by atoms with Crippen molar-refractivity contribution in [2.24, 2.45) is 0 Å². The van der Waals surface area contributed by atoms with E-state index in [-0.39, 0.29) is 5.54 Å². The van der Waals surface area contributed by atoms with Crippen molar-refractivity contribution in [3.8, 4) is 39.1 Å². The molecule has 0 saturated carbocycles. The van der Waals surface area contributed by atoms with Gasteiger partial charge in [-0.3, -0.25) is 0 Å². The first-order chi connectivity index (χ1) is 30.1. The van der Waals surface area contributed by atoms with Gasteiger partial charge in [0.1, 0.15) is 4.83 Å². The molecule has 1 aliphatic carbocycles. The Morgan fingerprint density at radius 3 is 1.87 bits per heavy atom.